The molecule has 0 amide bonds. The number of anilines is 1. The zero-order chi connectivity index (χ0) is 9.97. The number of benzene rings is 1. The molecule has 2 rings (SSSR count). The van der Waals surface area contributed by atoms with Crippen LogP contribution in [0.5, 0.6) is 0 Å². The molecule has 0 spiro atoms. The molecule has 1 heterocycles. The highest BCUT2D eigenvalue weighted by Gasteiger charge is 2.15. The zero-order valence-corrected chi connectivity index (χ0v) is 8.49. The summed E-state index contributed by atoms with van der Waals surface area (Å²) in [5, 5.41) is 0. The minimum atomic E-state index is 0.397. The van der Waals surface area contributed by atoms with E-state index in [1.807, 2.05) is 0 Å². The third-order valence-corrected chi connectivity index (χ3v) is 2.72. The van der Waals surface area contributed by atoms with E-state index in [9.17, 15) is 4.79 Å². The van der Waals surface area contributed by atoms with E-state index in [1.165, 1.54) is 11.3 Å². The molecule has 0 radical (unpaired) electrons. The second-order valence-electron chi connectivity index (χ2n) is 3.86. The van der Waals surface area contributed by atoms with E-state index in [0.717, 1.165) is 13.1 Å². The minimum absolute atomic E-state index is 0.397. The molecule has 0 aromatic heterocycles. The van der Waals surface area contributed by atoms with Gasteiger partial charge < -0.3 is 4.90 Å². The van der Waals surface area contributed by atoms with Crippen molar-refractivity contribution in [3.8, 4) is 0 Å². The third-order valence-electron chi connectivity index (χ3n) is 2.72. The van der Waals surface area contributed by atoms with Crippen LogP contribution in [0.25, 0.3) is 0 Å². The normalized spacial score (nSPS) is 17.2. The molecule has 74 valence electrons. The van der Waals surface area contributed by atoms with Gasteiger partial charge >= 0.3 is 0 Å². The predicted octanol–water partition coefficient (Wildman–Crippen LogP) is 2.16. The first kappa shape index (κ1) is 9.25. The van der Waals surface area contributed by atoms with Crippen LogP contribution >= 0.6 is 0 Å². The Balaban J connectivity index is 2.08. The van der Waals surface area contributed by atoms with E-state index >= 15 is 0 Å². The van der Waals surface area contributed by atoms with Gasteiger partial charge in [-0.1, -0.05) is 17.7 Å². The summed E-state index contributed by atoms with van der Waals surface area (Å²) in [6.45, 7) is 3.84. The van der Waals surface area contributed by atoms with Crippen LogP contribution in [0.1, 0.15) is 18.4 Å². The topological polar surface area (TPSA) is 20.3 Å². The first-order valence-corrected chi connectivity index (χ1v) is 5.09. The summed E-state index contributed by atoms with van der Waals surface area (Å²) in [5.74, 6) is 0.397. The van der Waals surface area contributed by atoms with E-state index in [0.29, 0.717) is 18.6 Å². The van der Waals surface area contributed by atoms with Gasteiger partial charge in [0, 0.05) is 31.6 Å². The van der Waals surface area contributed by atoms with Gasteiger partial charge in [-0.15, -0.1) is 0 Å². The molecule has 0 unspecified atom stereocenters. The smallest absolute Gasteiger partial charge is 0.136 e. The number of hydrogen-bond donors (Lipinski definition) is 0. The van der Waals surface area contributed by atoms with Crippen molar-refractivity contribution in [1.82, 2.24) is 0 Å². The highest BCUT2D eigenvalue weighted by Crippen LogP contribution is 2.18. The van der Waals surface area contributed by atoms with Crippen LogP contribution in [0.15, 0.2) is 24.3 Å². The van der Waals surface area contributed by atoms with Crippen LogP contribution in [0, 0.1) is 6.92 Å². The van der Waals surface area contributed by atoms with E-state index in [2.05, 4.69) is 36.1 Å². The Hall–Kier alpha value is -1.31. The predicted molar refractivity (Wildman–Crippen MR) is 57.6 cm³/mol. The molecular formula is C12H15NO. The summed E-state index contributed by atoms with van der Waals surface area (Å²) in [6.07, 6.45) is 1.40. The van der Waals surface area contributed by atoms with Crippen molar-refractivity contribution < 1.29 is 4.79 Å². The van der Waals surface area contributed by atoms with Crippen LogP contribution in [0.4, 0.5) is 5.69 Å². The molecule has 0 saturated carbocycles. The summed E-state index contributed by atoms with van der Waals surface area (Å²) in [7, 11) is 0. The van der Waals surface area contributed by atoms with Gasteiger partial charge in [0.1, 0.15) is 5.78 Å². The van der Waals surface area contributed by atoms with Crippen LogP contribution in [0.3, 0.4) is 0 Å². The lowest BCUT2D eigenvalue weighted by Gasteiger charge is -2.28. The number of rotatable bonds is 1. The average molecular weight is 189 g/mol. The molecule has 1 aliphatic heterocycles. The second kappa shape index (κ2) is 3.82. The van der Waals surface area contributed by atoms with Gasteiger partial charge in [0.05, 0.1) is 0 Å². The minimum Gasteiger partial charge on any atom is -0.371 e. The Labute approximate surface area is 84.5 Å². The van der Waals surface area contributed by atoms with E-state index in [1.54, 1.807) is 0 Å². The first-order valence-electron chi connectivity index (χ1n) is 5.09. The molecule has 0 bridgehead atoms. The number of carbonyl (C=O) groups is 1. The lowest BCUT2D eigenvalue weighted by Crippen LogP contribution is -2.33. The van der Waals surface area contributed by atoms with Gasteiger partial charge in [0.2, 0.25) is 0 Å². The average Bonchev–Trinajstić information content (AvgIpc) is 2.21. The second-order valence-corrected chi connectivity index (χ2v) is 3.86. The monoisotopic (exact) mass is 189 g/mol. The van der Waals surface area contributed by atoms with Crippen molar-refractivity contribution in [1.29, 1.82) is 0 Å². The molecule has 1 fully saturated rings. The molecule has 1 saturated heterocycles. The van der Waals surface area contributed by atoms with E-state index in [4.69, 9.17) is 0 Å². The maximum absolute atomic E-state index is 11.1. The number of carbonyl (C=O) groups excluding carboxylic acids is 1. The van der Waals surface area contributed by atoms with Crippen LogP contribution in [-0.4, -0.2) is 18.9 Å². The van der Waals surface area contributed by atoms with Gasteiger partial charge in [0.25, 0.3) is 0 Å². The number of Topliss-reactive ketones (excluding diaryl/α,β-unsaturated/α-hetero) is 1. The summed E-state index contributed by atoms with van der Waals surface area (Å²) in [5.41, 5.74) is 2.52. The summed E-state index contributed by atoms with van der Waals surface area (Å²) >= 11 is 0. The molecular weight excluding hydrogens is 174 g/mol. The van der Waals surface area contributed by atoms with Gasteiger partial charge in [-0.2, -0.15) is 0 Å². The quantitative estimate of drug-likeness (QED) is 0.674. The standard InChI is InChI=1S/C12H15NO/c1-10-2-4-11(5-3-10)13-8-6-12(14)7-9-13/h2-5H,6-9H2,1H3. The highest BCUT2D eigenvalue weighted by atomic mass is 16.1. The molecule has 14 heavy (non-hydrogen) atoms. The molecule has 0 aliphatic carbocycles. The molecule has 2 nitrogen and oxygen atoms in total. The fraction of sp³-hybridized carbons (Fsp3) is 0.417. The van der Waals surface area contributed by atoms with Crippen molar-refractivity contribution >= 4 is 11.5 Å². The zero-order valence-electron chi connectivity index (χ0n) is 8.49. The molecule has 1 aromatic rings. The van der Waals surface area contributed by atoms with Crippen LogP contribution < -0.4 is 4.90 Å². The van der Waals surface area contributed by atoms with Crippen LogP contribution in [0.2, 0.25) is 0 Å². The van der Waals surface area contributed by atoms with E-state index < -0.39 is 0 Å². The SMILES string of the molecule is Cc1ccc(N2CCC(=O)CC2)cc1. The molecule has 1 aliphatic rings. The third kappa shape index (κ3) is 1.95. The Morgan fingerprint density at radius 2 is 1.64 bits per heavy atom. The van der Waals surface area contributed by atoms with Gasteiger partial charge in [-0.05, 0) is 19.1 Å². The van der Waals surface area contributed by atoms with Crippen molar-refractivity contribution in [3.05, 3.63) is 29.8 Å². The lowest BCUT2D eigenvalue weighted by molar-refractivity contribution is -0.119. The number of piperidine rings is 1. The largest absolute Gasteiger partial charge is 0.371 e. The molecule has 0 N–H and O–H groups in total. The fourth-order valence-corrected chi connectivity index (χ4v) is 1.77. The number of ketones is 1. The summed E-state index contributed by atoms with van der Waals surface area (Å²) < 4.78 is 0. The Morgan fingerprint density at radius 1 is 1.07 bits per heavy atom. The van der Waals surface area contributed by atoms with Crippen molar-refractivity contribution in [2.24, 2.45) is 0 Å². The molecule has 1 aromatic carbocycles. The number of aryl methyl sites for hydroxylation is 1. The van der Waals surface area contributed by atoms with E-state index in [-0.39, 0.29) is 0 Å². The molecule has 0 atom stereocenters. The van der Waals surface area contributed by atoms with Crippen molar-refractivity contribution in [2.75, 3.05) is 18.0 Å². The highest BCUT2D eigenvalue weighted by molar-refractivity contribution is 5.81. The van der Waals surface area contributed by atoms with Crippen molar-refractivity contribution in [3.63, 3.8) is 0 Å². The van der Waals surface area contributed by atoms with Gasteiger partial charge in [0.15, 0.2) is 0 Å². The Morgan fingerprint density at radius 3 is 2.21 bits per heavy atom. The number of nitrogens with zero attached hydrogens (tertiary/aromatic N) is 1. The Kier molecular flexibility index (Phi) is 2.53. The summed E-state index contributed by atoms with van der Waals surface area (Å²) in [6, 6.07) is 8.49. The Bertz CT molecular complexity index is 319. The lowest BCUT2D eigenvalue weighted by atomic mass is 10.1. The maximum Gasteiger partial charge on any atom is 0.136 e. The maximum atomic E-state index is 11.1. The molecule has 2 heteroatoms. The first-order chi connectivity index (χ1) is 6.75. The number of hydrogen-bond acceptors (Lipinski definition) is 2. The van der Waals surface area contributed by atoms with Crippen molar-refractivity contribution in [2.45, 2.75) is 19.8 Å². The van der Waals surface area contributed by atoms with Gasteiger partial charge in [-0.3, -0.25) is 4.79 Å². The van der Waals surface area contributed by atoms with Crippen LogP contribution in [-0.2, 0) is 4.79 Å². The fourth-order valence-electron chi connectivity index (χ4n) is 1.77. The summed E-state index contributed by atoms with van der Waals surface area (Å²) in [4.78, 5) is 13.3. The van der Waals surface area contributed by atoms with Gasteiger partial charge in [-0.25, -0.2) is 0 Å².